The molecular weight excluding hydrogens is 369 g/mol. The number of benzene rings is 2. The first-order chi connectivity index (χ1) is 13.3. The number of aryl methyl sites for hydroxylation is 1. The van der Waals surface area contributed by atoms with Gasteiger partial charge in [0, 0.05) is 18.4 Å². The Morgan fingerprint density at radius 3 is 2.50 bits per heavy atom. The smallest absolute Gasteiger partial charge is 0.347 e. The third-order valence-corrected chi connectivity index (χ3v) is 3.89. The Labute approximate surface area is 159 Å². The molecule has 0 radical (unpaired) electrons. The maximum Gasteiger partial charge on any atom is 0.416 e. The van der Waals surface area contributed by atoms with Crippen LogP contribution in [0.5, 0.6) is 0 Å². The molecule has 0 saturated carbocycles. The third kappa shape index (κ3) is 5.06. The van der Waals surface area contributed by atoms with Crippen LogP contribution in [0.1, 0.15) is 27.2 Å². The number of aromatic nitrogens is 2. The van der Waals surface area contributed by atoms with Crippen LogP contribution in [0.4, 0.5) is 24.8 Å². The van der Waals surface area contributed by atoms with Crippen LogP contribution in [-0.2, 0) is 12.7 Å². The van der Waals surface area contributed by atoms with Crippen LogP contribution < -0.4 is 10.6 Å². The molecule has 3 rings (SSSR count). The van der Waals surface area contributed by atoms with Crippen LogP contribution in [0.25, 0.3) is 0 Å². The number of halogens is 3. The SMILES string of the molecule is Cc1cccc(CNC(=O)c2ccnc(Nc3ccc(C(F)(F)F)cc3)n2)c1. The lowest BCUT2D eigenvalue weighted by molar-refractivity contribution is -0.137. The van der Waals surface area contributed by atoms with Crippen LogP contribution in [0.15, 0.2) is 60.8 Å². The van der Waals surface area contributed by atoms with E-state index in [1.54, 1.807) is 0 Å². The van der Waals surface area contributed by atoms with Crippen LogP contribution in [0.2, 0.25) is 0 Å². The molecule has 3 aromatic rings. The van der Waals surface area contributed by atoms with Crippen molar-refractivity contribution in [1.82, 2.24) is 15.3 Å². The Morgan fingerprint density at radius 1 is 1.07 bits per heavy atom. The normalized spacial score (nSPS) is 11.1. The second kappa shape index (κ2) is 8.08. The lowest BCUT2D eigenvalue weighted by Crippen LogP contribution is -2.24. The number of rotatable bonds is 5. The van der Waals surface area contributed by atoms with Crippen LogP contribution in [-0.4, -0.2) is 15.9 Å². The Bertz CT molecular complexity index is 972. The molecule has 0 spiro atoms. The van der Waals surface area contributed by atoms with Crippen molar-refractivity contribution in [2.24, 2.45) is 0 Å². The molecule has 0 fully saturated rings. The van der Waals surface area contributed by atoms with E-state index in [-0.39, 0.29) is 17.5 Å². The van der Waals surface area contributed by atoms with Gasteiger partial charge in [0.15, 0.2) is 0 Å². The molecule has 144 valence electrons. The molecule has 28 heavy (non-hydrogen) atoms. The average molecular weight is 386 g/mol. The van der Waals surface area contributed by atoms with Crippen molar-refractivity contribution in [3.63, 3.8) is 0 Å². The largest absolute Gasteiger partial charge is 0.416 e. The molecule has 0 atom stereocenters. The average Bonchev–Trinajstić information content (AvgIpc) is 2.66. The lowest BCUT2D eigenvalue weighted by atomic mass is 10.1. The van der Waals surface area contributed by atoms with Crippen molar-refractivity contribution in [2.75, 3.05) is 5.32 Å². The molecule has 0 aliphatic heterocycles. The Hall–Kier alpha value is -3.42. The minimum absolute atomic E-state index is 0.114. The zero-order valence-electron chi connectivity index (χ0n) is 14.9. The van der Waals surface area contributed by atoms with Crippen molar-refractivity contribution in [3.05, 3.63) is 83.2 Å². The van der Waals surface area contributed by atoms with E-state index in [4.69, 9.17) is 0 Å². The van der Waals surface area contributed by atoms with E-state index in [1.807, 2.05) is 31.2 Å². The number of hydrogen-bond donors (Lipinski definition) is 2. The first-order valence-corrected chi connectivity index (χ1v) is 8.42. The van der Waals surface area contributed by atoms with E-state index in [9.17, 15) is 18.0 Å². The van der Waals surface area contributed by atoms with Gasteiger partial charge >= 0.3 is 6.18 Å². The molecule has 2 N–H and O–H groups in total. The summed E-state index contributed by atoms with van der Waals surface area (Å²) in [5.41, 5.74) is 1.84. The highest BCUT2D eigenvalue weighted by Gasteiger charge is 2.29. The number of nitrogens with one attached hydrogen (secondary N) is 2. The maximum atomic E-state index is 12.6. The highest BCUT2D eigenvalue weighted by molar-refractivity contribution is 5.92. The molecule has 0 bridgehead atoms. The minimum Gasteiger partial charge on any atom is -0.347 e. The fraction of sp³-hybridized carbons (Fsp3) is 0.150. The second-order valence-electron chi connectivity index (χ2n) is 6.14. The van der Waals surface area contributed by atoms with E-state index < -0.39 is 11.7 Å². The summed E-state index contributed by atoms with van der Waals surface area (Å²) in [6.07, 6.45) is -2.99. The molecule has 0 aliphatic rings. The van der Waals surface area contributed by atoms with Gasteiger partial charge in [-0.05, 0) is 42.8 Å². The topological polar surface area (TPSA) is 66.9 Å². The number of hydrogen-bond acceptors (Lipinski definition) is 4. The summed E-state index contributed by atoms with van der Waals surface area (Å²) >= 11 is 0. The van der Waals surface area contributed by atoms with E-state index in [1.165, 1.54) is 24.4 Å². The number of nitrogens with zero attached hydrogens (tertiary/aromatic N) is 2. The van der Waals surface area contributed by atoms with E-state index in [0.29, 0.717) is 12.2 Å². The van der Waals surface area contributed by atoms with Gasteiger partial charge in [-0.2, -0.15) is 13.2 Å². The van der Waals surface area contributed by atoms with E-state index in [0.717, 1.165) is 23.3 Å². The number of carbonyl (C=O) groups is 1. The van der Waals surface area contributed by atoms with Crippen LogP contribution >= 0.6 is 0 Å². The standard InChI is InChI=1S/C20H17F3N4O/c1-13-3-2-4-14(11-13)12-25-18(28)17-9-10-24-19(27-17)26-16-7-5-15(6-8-16)20(21,22)23/h2-11H,12H2,1H3,(H,25,28)(H,24,26,27). The highest BCUT2D eigenvalue weighted by Crippen LogP contribution is 2.30. The second-order valence-corrected chi connectivity index (χ2v) is 6.14. The predicted molar refractivity (Wildman–Crippen MR) is 99.1 cm³/mol. The van der Waals surface area contributed by atoms with Gasteiger partial charge in [-0.3, -0.25) is 4.79 Å². The summed E-state index contributed by atoms with van der Waals surface area (Å²) in [6.45, 7) is 2.32. The van der Waals surface area contributed by atoms with Gasteiger partial charge < -0.3 is 10.6 Å². The van der Waals surface area contributed by atoms with E-state index >= 15 is 0 Å². The van der Waals surface area contributed by atoms with Gasteiger partial charge in [-0.1, -0.05) is 29.8 Å². The quantitative estimate of drug-likeness (QED) is 0.679. The van der Waals surface area contributed by atoms with Crippen molar-refractivity contribution >= 4 is 17.5 Å². The van der Waals surface area contributed by atoms with Gasteiger partial charge in [0.2, 0.25) is 5.95 Å². The van der Waals surface area contributed by atoms with Gasteiger partial charge in [0.1, 0.15) is 5.69 Å². The Kier molecular flexibility index (Phi) is 5.58. The molecule has 0 saturated heterocycles. The fourth-order valence-corrected chi connectivity index (χ4v) is 2.51. The Morgan fingerprint density at radius 2 is 1.82 bits per heavy atom. The van der Waals surface area contributed by atoms with E-state index in [2.05, 4.69) is 20.6 Å². The predicted octanol–water partition coefficient (Wildman–Crippen LogP) is 4.48. The molecule has 0 aliphatic carbocycles. The summed E-state index contributed by atoms with van der Waals surface area (Å²) in [5.74, 6) is -0.262. The number of alkyl halides is 3. The van der Waals surface area contributed by atoms with Crippen molar-refractivity contribution in [1.29, 1.82) is 0 Å². The number of amides is 1. The summed E-state index contributed by atoms with van der Waals surface area (Å²) in [5, 5.41) is 5.57. The van der Waals surface area contributed by atoms with Crippen molar-refractivity contribution in [2.45, 2.75) is 19.6 Å². The first kappa shape index (κ1) is 19.3. The van der Waals surface area contributed by atoms with Gasteiger partial charge in [-0.15, -0.1) is 0 Å². The van der Waals surface area contributed by atoms with Crippen molar-refractivity contribution < 1.29 is 18.0 Å². The monoisotopic (exact) mass is 386 g/mol. The number of anilines is 2. The number of carbonyl (C=O) groups excluding carboxylic acids is 1. The van der Waals surface area contributed by atoms with Crippen LogP contribution in [0.3, 0.4) is 0 Å². The summed E-state index contributed by atoms with van der Waals surface area (Å²) in [4.78, 5) is 20.4. The van der Waals surface area contributed by atoms with Gasteiger partial charge in [-0.25, -0.2) is 9.97 Å². The summed E-state index contributed by atoms with van der Waals surface area (Å²) in [6, 6.07) is 13.7. The Balaban J connectivity index is 1.65. The first-order valence-electron chi connectivity index (χ1n) is 8.42. The minimum atomic E-state index is -4.40. The lowest BCUT2D eigenvalue weighted by Gasteiger charge is -2.09. The zero-order valence-corrected chi connectivity index (χ0v) is 14.9. The molecule has 1 amide bonds. The molecular formula is C20H17F3N4O. The molecule has 8 heteroatoms. The summed E-state index contributed by atoms with van der Waals surface area (Å²) < 4.78 is 37.8. The third-order valence-electron chi connectivity index (χ3n) is 3.89. The maximum absolute atomic E-state index is 12.6. The van der Waals surface area contributed by atoms with Gasteiger partial charge in [0.05, 0.1) is 5.56 Å². The van der Waals surface area contributed by atoms with Gasteiger partial charge in [0.25, 0.3) is 5.91 Å². The molecule has 1 heterocycles. The molecule has 2 aromatic carbocycles. The zero-order chi connectivity index (χ0) is 20.1. The molecule has 1 aromatic heterocycles. The molecule has 0 unspecified atom stereocenters. The fourth-order valence-electron chi connectivity index (χ4n) is 2.51. The highest BCUT2D eigenvalue weighted by atomic mass is 19.4. The van der Waals surface area contributed by atoms with Crippen molar-refractivity contribution in [3.8, 4) is 0 Å². The van der Waals surface area contributed by atoms with Crippen LogP contribution in [0, 0.1) is 6.92 Å². The summed E-state index contributed by atoms with van der Waals surface area (Å²) in [7, 11) is 0. The molecule has 5 nitrogen and oxygen atoms in total.